The van der Waals surface area contributed by atoms with Crippen molar-refractivity contribution in [3.05, 3.63) is 33.3 Å². The van der Waals surface area contributed by atoms with Gasteiger partial charge in [-0.2, -0.15) is 0 Å². The second kappa shape index (κ2) is 6.10. The molecule has 1 aromatic rings. The molecule has 0 aromatic heterocycles. The van der Waals surface area contributed by atoms with Gasteiger partial charge in [0, 0.05) is 17.6 Å². The topological polar surface area (TPSA) is 49.3 Å². The number of hydrogen-bond acceptors (Lipinski definition) is 2. The van der Waals surface area contributed by atoms with E-state index in [1.165, 1.54) is 0 Å². The standard InChI is InChI=1S/C10H11BrClNO2/c11-7-2-3-8(9(12)6-7)10(15)13-4-1-5-14/h2-3,6,14H,1,4-5H2,(H,13,15). The molecule has 0 unspecified atom stereocenters. The van der Waals surface area contributed by atoms with Crippen LogP contribution in [0.5, 0.6) is 0 Å². The number of carbonyl (C=O) groups is 1. The van der Waals surface area contributed by atoms with E-state index in [0.717, 1.165) is 4.47 Å². The van der Waals surface area contributed by atoms with Gasteiger partial charge in [-0.1, -0.05) is 27.5 Å². The highest BCUT2D eigenvalue weighted by Crippen LogP contribution is 2.21. The molecule has 0 aliphatic heterocycles. The Labute approximate surface area is 102 Å². The van der Waals surface area contributed by atoms with Gasteiger partial charge in [0.1, 0.15) is 0 Å². The van der Waals surface area contributed by atoms with Crippen LogP contribution in [-0.4, -0.2) is 24.2 Å². The van der Waals surface area contributed by atoms with Crippen molar-refractivity contribution in [2.75, 3.05) is 13.2 Å². The van der Waals surface area contributed by atoms with Crippen LogP contribution in [0.3, 0.4) is 0 Å². The van der Waals surface area contributed by atoms with E-state index in [0.29, 0.717) is 23.6 Å². The molecule has 2 N–H and O–H groups in total. The maximum absolute atomic E-state index is 11.6. The molecule has 1 rings (SSSR count). The number of aliphatic hydroxyl groups is 1. The Morgan fingerprint density at radius 1 is 1.53 bits per heavy atom. The van der Waals surface area contributed by atoms with Gasteiger partial charge in [0.05, 0.1) is 10.6 Å². The zero-order valence-electron chi connectivity index (χ0n) is 7.96. The summed E-state index contributed by atoms with van der Waals surface area (Å²) >= 11 is 9.16. The minimum Gasteiger partial charge on any atom is -0.396 e. The molecule has 0 bridgehead atoms. The van der Waals surface area contributed by atoms with Crippen molar-refractivity contribution in [3.8, 4) is 0 Å². The van der Waals surface area contributed by atoms with Crippen molar-refractivity contribution < 1.29 is 9.90 Å². The molecule has 0 radical (unpaired) electrons. The Morgan fingerprint density at radius 2 is 2.27 bits per heavy atom. The Morgan fingerprint density at radius 3 is 2.87 bits per heavy atom. The zero-order valence-corrected chi connectivity index (χ0v) is 10.3. The number of carbonyl (C=O) groups excluding carboxylic acids is 1. The normalized spacial score (nSPS) is 10.1. The van der Waals surface area contributed by atoms with Gasteiger partial charge in [0.2, 0.25) is 0 Å². The highest BCUT2D eigenvalue weighted by molar-refractivity contribution is 9.10. The van der Waals surface area contributed by atoms with Gasteiger partial charge in [0.25, 0.3) is 5.91 Å². The van der Waals surface area contributed by atoms with Crippen molar-refractivity contribution in [3.63, 3.8) is 0 Å². The molecule has 0 saturated carbocycles. The van der Waals surface area contributed by atoms with Gasteiger partial charge >= 0.3 is 0 Å². The second-order valence-corrected chi connectivity index (χ2v) is 4.28. The number of amides is 1. The molecule has 1 amide bonds. The first kappa shape index (κ1) is 12.5. The fourth-order valence-corrected chi connectivity index (χ4v) is 1.81. The number of rotatable bonds is 4. The minimum absolute atomic E-state index is 0.0638. The summed E-state index contributed by atoms with van der Waals surface area (Å²) < 4.78 is 0.833. The summed E-state index contributed by atoms with van der Waals surface area (Å²) in [4.78, 5) is 11.6. The van der Waals surface area contributed by atoms with Crippen LogP contribution in [0.15, 0.2) is 22.7 Å². The van der Waals surface area contributed by atoms with Crippen molar-refractivity contribution in [1.29, 1.82) is 0 Å². The molecule has 15 heavy (non-hydrogen) atoms. The summed E-state index contributed by atoms with van der Waals surface area (Å²) in [7, 11) is 0. The molecule has 82 valence electrons. The van der Waals surface area contributed by atoms with Gasteiger partial charge in [-0.15, -0.1) is 0 Å². The monoisotopic (exact) mass is 291 g/mol. The van der Waals surface area contributed by atoms with Crippen molar-refractivity contribution >= 4 is 33.4 Å². The first-order chi connectivity index (χ1) is 7.15. The summed E-state index contributed by atoms with van der Waals surface area (Å²) in [5.74, 6) is -0.221. The summed E-state index contributed by atoms with van der Waals surface area (Å²) in [6, 6.07) is 5.08. The molecule has 0 fully saturated rings. The van der Waals surface area contributed by atoms with Crippen molar-refractivity contribution in [2.24, 2.45) is 0 Å². The van der Waals surface area contributed by atoms with Gasteiger partial charge in [0.15, 0.2) is 0 Å². The maximum atomic E-state index is 11.6. The van der Waals surface area contributed by atoms with Gasteiger partial charge in [-0.05, 0) is 24.6 Å². The van der Waals surface area contributed by atoms with Gasteiger partial charge in [-0.25, -0.2) is 0 Å². The molecular weight excluding hydrogens is 281 g/mol. The molecule has 3 nitrogen and oxygen atoms in total. The lowest BCUT2D eigenvalue weighted by molar-refractivity contribution is 0.0951. The summed E-state index contributed by atoms with van der Waals surface area (Å²) in [5, 5.41) is 11.6. The van der Waals surface area contributed by atoms with E-state index in [1.807, 2.05) is 0 Å². The molecule has 0 heterocycles. The third-order valence-corrected chi connectivity index (χ3v) is 2.60. The lowest BCUT2D eigenvalue weighted by Gasteiger charge is -2.05. The van der Waals surface area contributed by atoms with E-state index in [4.69, 9.17) is 16.7 Å². The molecule has 0 atom stereocenters. The van der Waals surface area contributed by atoms with E-state index >= 15 is 0 Å². The van der Waals surface area contributed by atoms with Gasteiger partial charge in [-0.3, -0.25) is 4.79 Å². The summed E-state index contributed by atoms with van der Waals surface area (Å²) in [5.41, 5.74) is 0.442. The highest BCUT2D eigenvalue weighted by Gasteiger charge is 2.09. The molecule has 0 aliphatic carbocycles. The van der Waals surface area contributed by atoms with E-state index in [-0.39, 0.29) is 12.5 Å². The molecule has 1 aromatic carbocycles. The molecule has 5 heteroatoms. The van der Waals surface area contributed by atoms with Crippen LogP contribution in [0.4, 0.5) is 0 Å². The maximum Gasteiger partial charge on any atom is 0.252 e. The van der Waals surface area contributed by atoms with Crippen LogP contribution in [-0.2, 0) is 0 Å². The highest BCUT2D eigenvalue weighted by atomic mass is 79.9. The third-order valence-electron chi connectivity index (χ3n) is 1.80. The average molecular weight is 293 g/mol. The number of hydrogen-bond donors (Lipinski definition) is 2. The average Bonchev–Trinajstić information content (AvgIpc) is 2.17. The summed E-state index contributed by atoms with van der Waals surface area (Å²) in [6.07, 6.45) is 0.542. The van der Waals surface area contributed by atoms with Crippen LogP contribution >= 0.6 is 27.5 Å². The van der Waals surface area contributed by atoms with E-state index < -0.39 is 0 Å². The van der Waals surface area contributed by atoms with Gasteiger partial charge < -0.3 is 10.4 Å². The quantitative estimate of drug-likeness (QED) is 0.836. The number of halogens is 2. The lowest BCUT2D eigenvalue weighted by Crippen LogP contribution is -2.25. The Bertz CT molecular complexity index is 357. The minimum atomic E-state index is -0.221. The number of aliphatic hydroxyl groups excluding tert-OH is 1. The molecular formula is C10H11BrClNO2. The lowest BCUT2D eigenvalue weighted by atomic mass is 10.2. The van der Waals surface area contributed by atoms with Crippen LogP contribution in [0.1, 0.15) is 16.8 Å². The fourth-order valence-electron chi connectivity index (χ4n) is 1.05. The van der Waals surface area contributed by atoms with E-state index in [2.05, 4.69) is 21.2 Å². The smallest absolute Gasteiger partial charge is 0.252 e. The van der Waals surface area contributed by atoms with Crippen LogP contribution in [0, 0.1) is 0 Å². The molecule has 0 saturated heterocycles. The van der Waals surface area contributed by atoms with Crippen molar-refractivity contribution in [2.45, 2.75) is 6.42 Å². The first-order valence-corrected chi connectivity index (χ1v) is 5.66. The van der Waals surface area contributed by atoms with E-state index in [9.17, 15) is 4.79 Å². The predicted octanol–water partition coefficient (Wildman–Crippen LogP) is 2.21. The Hall–Kier alpha value is -0.580. The SMILES string of the molecule is O=C(NCCCO)c1ccc(Br)cc1Cl. The van der Waals surface area contributed by atoms with Crippen LogP contribution in [0.2, 0.25) is 5.02 Å². The fraction of sp³-hybridized carbons (Fsp3) is 0.300. The second-order valence-electron chi connectivity index (χ2n) is 2.96. The van der Waals surface area contributed by atoms with E-state index in [1.54, 1.807) is 18.2 Å². The third kappa shape index (κ3) is 3.81. The number of nitrogens with one attached hydrogen (secondary N) is 1. The largest absolute Gasteiger partial charge is 0.396 e. The first-order valence-electron chi connectivity index (χ1n) is 4.49. The Balaban J connectivity index is 2.65. The predicted molar refractivity (Wildman–Crippen MR) is 63.2 cm³/mol. The van der Waals surface area contributed by atoms with Crippen LogP contribution in [0.25, 0.3) is 0 Å². The van der Waals surface area contributed by atoms with Crippen molar-refractivity contribution in [1.82, 2.24) is 5.32 Å². The zero-order chi connectivity index (χ0) is 11.3. The number of benzene rings is 1. The van der Waals surface area contributed by atoms with Crippen LogP contribution < -0.4 is 5.32 Å². The Kier molecular flexibility index (Phi) is 5.08. The molecule has 0 spiro atoms. The summed E-state index contributed by atoms with van der Waals surface area (Å²) in [6.45, 7) is 0.510. The molecule has 0 aliphatic rings.